The molecule has 2 amide bonds. The third-order valence-electron chi connectivity index (χ3n) is 5.40. The summed E-state index contributed by atoms with van der Waals surface area (Å²) in [5.74, 6) is 4.06. The molecule has 0 spiro atoms. The Morgan fingerprint density at radius 3 is 2.67 bits per heavy atom. The van der Waals surface area contributed by atoms with Crippen LogP contribution in [0.3, 0.4) is 0 Å². The van der Waals surface area contributed by atoms with Crippen LogP contribution in [0.15, 0.2) is 54.9 Å². The summed E-state index contributed by atoms with van der Waals surface area (Å²) in [5, 5.41) is 12.4. The molecule has 0 saturated carbocycles. The number of pyridine rings is 2. The molecule has 9 nitrogen and oxygen atoms in total. The first-order valence-electron chi connectivity index (χ1n) is 11.6. The number of alkyl halides is 3. The van der Waals surface area contributed by atoms with Gasteiger partial charge in [-0.2, -0.15) is 13.2 Å². The Kier molecular flexibility index (Phi) is 7.47. The molecule has 2 aromatic heterocycles. The van der Waals surface area contributed by atoms with E-state index in [2.05, 4.69) is 27.1 Å². The van der Waals surface area contributed by atoms with Crippen molar-refractivity contribution in [2.24, 2.45) is 0 Å². The van der Waals surface area contributed by atoms with Gasteiger partial charge in [-0.05, 0) is 50.2 Å². The van der Waals surface area contributed by atoms with E-state index in [4.69, 9.17) is 9.47 Å². The maximum Gasteiger partial charge on any atom is 0.437 e. The van der Waals surface area contributed by atoms with Crippen molar-refractivity contribution in [3.63, 3.8) is 0 Å². The number of anilines is 1. The molecular weight excluding hydrogens is 517 g/mol. The molecule has 4 rings (SSSR count). The van der Waals surface area contributed by atoms with Crippen molar-refractivity contribution in [1.82, 2.24) is 15.3 Å². The zero-order chi connectivity index (χ0) is 28.4. The smallest absolute Gasteiger partial charge is 0.437 e. The van der Waals surface area contributed by atoms with Gasteiger partial charge in [0.15, 0.2) is 11.4 Å². The largest absolute Gasteiger partial charge is 0.489 e. The standard InChI is InChI=1S/C27H23F3N4O5/c1-26(2,37)10-8-16-6-7-21-20(13-16)34(3)25(36)19(15-38-21)33-24(35)18-14-17(9-12-31-18)39-22-5-4-11-32-23(22)27(28,29)30/h4-7,9,11-14,19,37H,15H2,1-3H3,(H,33,35). The molecule has 0 saturated heterocycles. The molecule has 1 aliphatic heterocycles. The number of hydrogen-bond donors (Lipinski definition) is 2. The molecule has 3 heterocycles. The van der Waals surface area contributed by atoms with E-state index in [-0.39, 0.29) is 18.1 Å². The molecule has 39 heavy (non-hydrogen) atoms. The molecule has 0 bridgehead atoms. The highest BCUT2D eigenvalue weighted by molar-refractivity contribution is 6.03. The monoisotopic (exact) mass is 540 g/mol. The van der Waals surface area contributed by atoms with Crippen LogP contribution in [0.25, 0.3) is 0 Å². The molecule has 1 unspecified atom stereocenters. The Morgan fingerprint density at radius 1 is 1.18 bits per heavy atom. The number of carbonyl (C=O) groups is 2. The number of hydrogen-bond acceptors (Lipinski definition) is 7. The van der Waals surface area contributed by atoms with Crippen LogP contribution in [0.1, 0.15) is 35.6 Å². The maximum atomic E-state index is 13.2. The Labute approximate surface area is 221 Å². The minimum atomic E-state index is -4.74. The summed E-state index contributed by atoms with van der Waals surface area (Å²) in [5.41, 5.74) is -1.64. The van der Waals surface area contributed by atoms with Gasteiger partial charge in [0.2, 0.25) is 0 Å². The van der Waals surface area contributed by atoms with Crippen molar-refractivity contribution in [2.45, 2.75) is 31.7 Å². The Morgan fingerprint density at radius 2 is 1.95 bits per heavy atom. The van der Waals surface area contributed by atoms with Crippen LogP contribution >= 0.6 is 0 Å². The highest BCUT2D eigenvalue weighted by Gasteiger charge is 2.36. The van der Waals surface area contributed by atoms with Gasteiger partial charge in [0.25, 0.3) is 11.8 Å². The van der Waals surface area contributed by atoms with Gasteiger partial charge in [0.05, 0.1) is 5.69 Å². The van der Waals surface area contributed by atoms with Crippen molar-refractivity contribution >= 4 is 17.5 Å². The number of benzene rings is 1. The maximum absolute atomic E-state index is 13.2. The molecule has 0 aliphatic carbocycles. The predicted molar refractivity (Wildman–Crippen MR) is 133 cm³/mol. The number of carbonyl (C=O) groups excluding carboxylic acids is 2. The average molecular weight is 540 g/mol. The topological polar surface area (TPSA) is 114 Å². The Hall–Kier alpha value is -4.63. The van der Waals surface area contributed by atoms with E-state index in [1.165, 1.54) is 30.3 Å². The Balaban J connectivity index is 1.50. The van der Waals surface area contributed by atoms with Gasteiger partial charge in [0, 0.05) is 31.1 Å². The van der Waals surface area contributed by atoms with E-state index in [0.717, 1.165) is 18.3 Å². The Bertz CT molecular complexity index is 1470. The molecule has 1 aromatic carbocycles. The number of halogens is 3. The molecule has 1 atom stereocenters. The number of ether oxygens (including phenoxy) is 2. The van der Waals surface area contributed by atoms with Crippen molar-refractivity contribution in [3.8, 4) is 29.1 Å². The fraction of sp³-hybridized carbons (Fsp3) is 0.259. The number of nitrogens with zero attached hydrogens (tertiary/aromatic N) is 3. The highest BCUT2D eigenvalue weighted by Crippen LogP contribution is 2.36. The fourth-order valence-electron chi connectivity index (χ4n) is 3.55. The van der Waals surface area contributed by atoms with Crippen molar-refractivity contribution < 1.29 is 37.3 Å². The first-order valence-corrected chi connectivity index (χ1v) is 11.6. The summed E-state index contributed by atoms with van der Waals surface area (Å²) >= 11 is 0. The minimum absolute atomic E-state index is 0.0821. The molecule has 2 N–H and O–H groups in total. The van der Waals surface area contributed by atoms with Gasteiger partial charge >= 0.3 is 6.18 Å². The molecular formula is C27H23F3N4O5. The van der Waals surface area contributed by atoms with Gasteiger partial charge in [-0.3, -0.25) is 14.6 Å². The highest BCUT2D eigenvalue weighted by atomic mass is 19.4. The van der Waals surface area contributed by atoms with Crippen LogP contribution in [-0.4, -0.2) is 52.2 Å². The predicted octanol–water partition coefficient (Wildman–Crippen LogP) is 3.56. The summed E-state index contributed by atoms with van der Waals surface area (Å²) < 4.78 is 50.8. The van der Waals surface area contributed by atoms with E-state index in [1.807, 2.05) is 0 Å². The van der Waals surface area contributed by atoms with Crippen LogP contribution in [0.5, 0.6) is 17.2 Å². The van der Waals surface area contributed by atoms with E-state index in [1.54, 1.807) is 32.0 Å². The van der Waals surface area contributed by atoms with E-state index >= 15 is 0 Å². The molecule has 0 radical (unpaired) electrons. The first-order chi connectivity index (χ1) is 18.3. The molecule has 1 aliphatic rings. The molecule has 3 aromatic rings. The average Bonchev–Trinajstić information content (AvgIpc) is 2.99. The number of nitrogens with one attached hydrogen (secondary N) is 1. The van der Waals surface area contributed by atoms with Crippen molar-refractivity contribution in [3.05, 3.63) is 71.8 Å². The number of aliphatic hydroxyl groups is 1. The van der Waals surface area contributed by atoms with Crippen molar-refractivity contribution in [2.75, 3.05) is 18.6 Å². The van der Waals surface area contributed by atoms with Crippen LogP contribution in [0.2, 0.25) is 0 Å². The van der Waals surface area contributed by atoms with Crippen molar-refractivity contribution in [1.29, 1.82) is 0 Å². The number of amides is 2. The van der Waals surface area contributed by atoms with Gasteiger partial charge in [-0.25, -0.2) is 4.98 Å². The van der Waals surface area contributed by atoms with E-state index < -0.39 is 41.1 Å². The third kappa shape index (κ3) is 6.63. The summed E-state index contributed by atoms with van der Waals surface area (Å²) in [4.78, 5) is 34.7. The van der Waals surface area contributed by atoms with Gasteiger partial charge in [-0.1, -0.05) is 11.8 Å². The second kappa shape index (κ2) is 10.6. The number of fused-ring (bicyclic) bond motifs is 1. The van der Waals surface area contributed by atoms with Gasteiger partial charge < -0.3 is 24.8 Å². The lowest BCUT2D eigenvalue weighted by Gasteiger charge is -2.20. The SMILES string of the molecule is CN1C(=O)C(NC(=O)c2cc(Oc3cccnc3C(F)(F)F)ccn2)COc2ccc(C#CC(C)(C)O)cc21. The van der Waals surface area contributed by atoms with Gasteiger partial charge in [0.1, 0.15) is 35.4 Å². The lowest BCUT2D eigenvalue weighted by molar-refractivity contribution is -0.142. The lowest BCUT2D eigenvalue weighted by Crippen LogP contribution is -2.49. The van der Waals surface area contributed by atoms with Crippen LogP contribution in [-0.2, 0) is 11.0 Å². The molecule has 12 heteroatoms. The lowest BCUT2D eigenvalue weighted by atomic mass is 10.1. The quantitative estimate of drug-likeness (QED) is 0.487. The summed E-state index contributed by atoms with van der Waals surface area (Å²) in [6.45, 7) is 2.91. The number of likely N-dealkylation sites (N-methyl/N-ethyl adjacent to an activating group) is 1. The zero-order valence-corrected chi connectivity index (χ0v) is 21.0. The van der Waals surface area contributed by atoms with E-state index in [9.17, 15) is 27.9 Å². The molecule has 0 fully saturated rings. The summed E-state index contributed by atoms with van der Waals surface area (Å²) in [6.07, 6.45) is -2.56. The number of aromatic nitrogens is 2. The number of rotatable bonds is 4. The van der Waals surface area contributed by atoms with Crippen LogP contribution in [0, 0.1) is 11.8 Å². The van der Waals surface area contributed by atoms with E-state index in [0.29, 0.717) is 17.0 Å². The second-order valence-electron chi connectivity index (χ2n) is 9.05. The summed E-state index contributed by atoms with van der Waals surface area (Å²) in [6, 6.07) is 8.67. The minimum Gasteiger partial charge on any atom is -0.489 e. The summed E-state index contributed by atoms with van der Waals surface area (Å²) in [7, 11) is 1.51. The van der Waals surface area contributed by atoms with Gasteiger partial charge in [-0.15, -0.1) is 0 Å². The normalized spacial score (nSPS) is 15.3. The third-order valence-corrected chi connectivity index (χ3v) is 5.40. The van der Waals surface area contributed by atoms with Crippen LogP contribution < -0.4 is 19.7 Å². The first kappa shape index (κ1) is 27.4. The molecule has 202 valence electrons. The second-order valence-corrected chi connectivity index (χ2v) is 9.05. The zero-order valence-electron chi connectivity index (χ0n) is 21.0. The fourth-order valence-corrected chi connectivity index (χ4v) is 3.55. The van der Waals surface area contributed by atoms with Crippen LogP contribution in [0.4, 0.5) is 18.9 Å².